The van der Waals surface area contributed by atoms with Crippen LogP contribution in [0.1, 0.15) is 13.8 Å². The van der Waals surface area contributed by atoms with Gasteiger partial charge in [-0.3, -0.25) is 0 Å². The van der Waals surface area contributed by atoms with E-state index in [-0.39, 0.29) is 5.48 Å². The van der Waals surface area contributed by atoms with Gasteiger partial charge in [-0.15, -0.1) is 0 Å². The molecule has 40 valence electrons. The van der Waals surface area contributed by atoms with Crippen molar-refractivity contribution >= 4 is 0 Å². The molecule has 0 atom stereocenters. The molecule has 2 nitrogen and oxygen atoms in total. The molecule has 0 saturated heterocycles. The molecule has 3 N–H and O–H groups in total. The number of hydrogen-bond donors (Lipinski definition) is 1. The van der Waals surface area contributed by atoms with Crippen LogP contribution < -0.4 is 0 Å². The van der Waals surface area contributed by atoms with E-state index in [4.69, 9.17) is 5.11 Å². The fraction of sp³-hybridized carbons (Fsp3) is 1.00. The standard InChI is InChI=1S/C4H10O.H2O/c1-4(2)3-5;/h4-5H,3H2,1-2H3;1H2. The van der Waals surface area contributed by atoms with E-state index in [2.05, 4.69) is 0 Å². The lowest BCUT2D eigenvalue weighted by Gasteiger charge is -1.90. The van der Waals surface area contributed by atoms with Crippen LogP contribution in [0, 0.1) is 5.92 Å². The van der Waals surface area contributed by atoms with Crippen molar-refractivity contribution in [1.82, 2.24) is 0 Å². The van der Waals surface area contributed by atoms with Gasteiger partial charge in [-0.1, -0.05) is 13.8 Å². The van der Waals surface area contributed by atoms with Crippen LogP contribution in [0.25, 0.3) is 0 Å². The quantitative estimate of drug-likeness (QED) is 0.479. The maximum Gasteiger partial charge on any atom is 0.0453 e. The van der Waals surface area contributed by atoms with Crippen LogP contribution >= 0.6 is 0 Å². The summed E-state index contributed by atoms with van der Waals surface area (Å²) < 4.78 is 0. The summed E-state index contributed by atoms with van der Waals surface area (Å²) in [4.78, 5) is 0. The predicted octanol–water partition coefficient (Wildman–Crippen LogP) is -0.190. The molecule has 0 heterocycles. The van der Waals surface area contributed by atoms with Gasteiger partial charge in [-0.05, 0) is 5.92 Å². The Morgan fingerprint density at radius 1 is 1.50 bits per heavy atom. The fourth-order valence-corrected chi connectivity index (χ4v) is 0. The van der Waals surface area contributed by atoms with E-state index in [0.29, 0.717) is 12.5 Å². The summed E-state index contributed by atoms with van der Waals surface area (Å²) in [6, 6.07) is 0. The molecule has 2 heteroatoms. The van der Waals surface area contributed by atoms with E-state index in [9.17, 15) is 0 Å². The van der Waals surface area contributed by atoms with Crippen LogP contribution in [-0.2, 0) is 0 Å². The lowest BCUT2D eigenvalue weighted by Crippen LogP contribution is -1.90. The minimum Gasteiger partial charge on any atom is -0.412 e. The topological polar surface area (TPSA) is 51.7 Å². The van der Waals surface area contributed by atoms with Crippen molar-refractivity contribution in [2.24, 2.45) is 5.92 Å². The summed E-state index contributed by atoms with van der Waals surface area (Å²) in [5, 5.41) is 8.14. The summed E-state index contributed by atoms with van der Waals surface area (Å²) in [5.74, 6) is 0.440. The van der Waals surface area contributed by atoms with Gasteiger partial charge in [0.2, 0.25) is 0 Å². The lowest BCUT2D eigenvalue weighted by molar-refractivity contribution is 0.248. The van der Waals surface area contributed by atoms with Gasteiger partial charge in [0, 0.05) is 6.61 Å². The van der Waals surface area contributed by atoms with E-state index < -0.39 is 0 Å². The molecule has 0 fully saturated rings. The van der Waals surface area contributed by atoms with Crippen molar-refractivity contribution in [2.75, 3.05) is 6.61 Å². The molecule has 0 rings (SSSR count). The lowest BCUT2D eigenvalue weighted by atomic mass is 10.2. The van der Waals surface area contributed by atoms with Gasteiger partial charge in [0.15, 0.2) is 0 Å². The van der Waals surface area contributed by atoms with Gasteiger partial charge in [-0.2, -0.15) is 0 Å². The molecule has 0 aromatic rings. The predicted molar refractivity (Wildman–Crippen MR) is 25.5 cm³/mol. The number of aliphatic hydroxyl groups excluding tert-OH is 1. The average molecular weight is 92.1 g/mol. The molecule has 0 aromatic carbocycles. The Morgan fingerprint density at radius 3 is 1.67 bits per heavy atom. The minimum atomic E-state index is 0. The molecule has 6 heavy (non-hydrogen) atoms. The monoisotopic (exact) mass is 92.1 g/mol. The SMILES string of the molecule is CC(C)CO.O. The third-order valence-electron chi connectivity index (χ3n) is 0.365. The van der Waals surface area contributed by atoms with Crippen molar-refractivity contribution in [3.63, 3.8) is 0 Å². The molecule has 0 spiro atoms. The summed E-state index contributed by atoms with van der Waals surface area (Å²) in [6.07, 6.45) is 0. The summed E-state index contributed by atoms with van der Waals surface area (Å²) in [6.45, 7) is 4.25. The van der Waals surface area contributed by atoms with Gasteiger partial charge in [0.05, 0.1) is 0 Å². The first-order chi connectivity index (χ1) is 2.27. The van der Waals surface area contributed by atoms with Gasteiger partial charge < -0.3 is 10.6 Å². The highest BCUT2D eigenvalue weighted by molar-refractivity contribution is 4.32. The normalized spacial score (nSPS) is 8.00. The first kappa shape index (κ1) is 9.33. The fourth-order valence-electron chi connectivity index (χ4n) is 0. The Morgan fingerprint density at radius 2 is 1.67 bits per heavy atom. The molecular weight excluding hydrogens is 80.0 g/mol. The van der Waals surface area contributed by atoms with Gasteiger partial charge in [0.25, 0.3) is 0 Å². The maximum absolute atomic E-state index is 8.14. The van der Waals surface area contributed by atoms with Gasteiger partial charge in [0.1, 0.15) is 0 Å². The summed E-state index contributed by atoms with van der Waals surface area (Å²) in [5.41, 5.74) is 0. The van der Waals surface area contributed by atoms with Crippen LogP contribution in [0.5, 0.6) is 0 Å². The van der Waals surface area contributed by atoms with Crippen molar-refractivity contribution in [3.05, 3.63) is 0 Å². The largest absolute Gasteiger partial charge is 0.412 e. The first-order valence-electron chi connectivity index (χ1n) is 1.88. The first-order valence-corrected chi connectivity index (χ1v) is 1.88. The van der Waals surface area contributed by atoms with Gasteiger partial charge in [-0.25, -0.2) is 0 Å². The molecule has 0 saturated carbocycles. The third kappa shape index (κ3) is 9.07. The molecule has 0 aromatic heterocycles. The Balaban J connectivity index is 0. The molecule has 0 bridgehead atoms. The second-order valence-electron chi connectivity index (χ2n) is 1.58. The van der Waals surface area contributed by atoms with Gasteiger partial charge >= 0.3 is 0 Å². The second kappa shape index (κ2) is 4.92. The van der Waals surface area contributed by atoms with Crippen molar-refractivity contribution < 1.29 is 10.6 Å². The van der Waals surface area contributed by atoms with Crippen LogP contribution in [0.4, 0.5) is 0 Å². The minimum absolute atomic E-state index is 0. The third-order valence-corrected chi connectivity index (χ3v) is 0.365. The summed E-state index contributed by atoms with van der Waals surface area (Å²) in [7, 11) is 0. The van der Waals surface area contributed by atoms with Crippen LogP contribution in [0.15, 0.2) is 0 Å². The highest BCUT2D eigenvalue weighted by Gasteiger charge is 1.81. The summed E-state index contributed by atoms with van der Waals surface area (Å²) >= 11 is 0. The highest BCUT2D eigenvalue weighted by atomic mass is 16.3. The van der Waals surface area contributed by atoms with Crippen LogP contribution in [-0.4, -0.2) is 17.2 Å². The molecule has 0 aliphatic carbocycles. The van der Waals surface area contributed by atoms with E-state index in [1.54, 1.807) is 0 Å². The highest BCUT2D eigenvalue weighted by Crippen LogP contribution is 1.83. The molecule has 0 unspecified atom stereocenters. The molecule has 0 aliphatic rings. The molecule has 0 radical (unpaired) electrons. The number of hydrogen-bond acceptors (Lipinski definition) is 1. The smallest absolute Gasteiger partial charge is 0.0453 e. The Bertz CT molecular complexity index is 19.5. The van der Waals surface area contributed by atoms with E-state index in [0.717, 1.165) is 0 Å². The molecule has 0 amide bonds. The Kier molecular flexibility index (Phi) is 7.65. The molecular formula is C4H12O2. The van der Waals surface area contributed by atoms with Crippen molar-refractivity contribution in [2.45, 2.75) is 13.8 Å². The average Bonchev–Trinajstić information content (AvgIpc) is 1.38. The zero-order valence-corrected chi connectivity index (χ0v) is 4.23. The zero-order chi connectivity index (χ0) is 4.28. The van der Waals surface area contributed by atoms with E-state index in [1.165, 1.54) is 0 Å². The maximum atomic E-state index is 8.14. The van der Waals surface area contributed by atoms with E-state index in [1.807, 2.05) is 13.8 Å². The number of aliphatic hydroxyl groups is 1. The van der Waals surface area contributed by atoms with Crippen LogP contribution in [0.3, 0.4) is 0 Å². The zero-order valence-electron chi connectivity index (χ0n) is 4.23. The second-order valence-corrected chi connectivity index (χ2v) is 1.58. The van der Waals surface area contributed by atoms with Crippen molar-refractivity contribution in [1.29, 1.82) is 0 Å². The number of rotatable bonds is 1. The Hall–Kier alpha value is -0.0800. The molecule has 0 aliphatic heterocycles. The Labute approximate surface area is 38.1 Å². The van der Waals surface area contributed by atoms with Crippen molar-refractivity contribution in [3.8, 4) is 0 Å². The van der Waals surface area contributed by atoms with Crippen LogP contribution in [0.2, 0.25) is 0 Å². The van der Waals surface area contributed by atoms with E-state index >= 15 is 0 Å².